The van der Waals surface area contributed by atoms with Crippen molar-refractivity contribution in [1.82, 2.24) is 5.32 Å². The Bertz CT molecular complexity index is 331. The van der Waals surface area contributed by atoms with Gasteiger partial charge in [-0.15, -0.1) is 0 Å². The van der Waals surface area contributed by atoms with E-state index < -0.39 is 0 Å². The number of nitrogens with one attached hydrogen (secondary N) is 1. The lowest BCUT2D eigenvalue weighted by Crippen LogP contribution is -2.26. The molecule has 0 bridgehead atoms. The molecule has 1 rings (SSSR count). The van der Waals surface area contributed by atoms with Crippen molar-refractivity contribution < 1.29 is 4.74 Å². The first-order valence-corrected chi connectivity index (χ1v) is 6.05. The highest BCUT2D eigenvalue weighted by Crippen LogP contribution is 2.20. The van der Waals surface area contributed by atoms with Crippen molar-refractivity contribution in [3.63, 3.8) is 0 Å². The smallest absolute Gasteiger partial charge is 0.0476 e. The molecule has 0 spiro atoms. The Labute approximate surface area is 107 Å². The van der Waals surface area contributed by atoms with E-state index in [0.29, 0.717) is 16.1 Å². The molecule has 1 N–H and O–H groups in total. The van der Waals surface area contributed by atoms with Crippen LogP contribution in [0.3, 0.4) is 0 Å². The van der Waals surface area contributed by atoms with Crippen molar-refractivity contribution in [2.75, 3.05) is 13.7 Å². The van der Waals surface area contributed by atoms with Gasteiger partial charge in [-0.05, 0) is 31.0 Å². The minimum atomic E-state index is 0.409. The molecule has 0 amide bonds. The molecule has 0 aliphatic heterocycles. The topological polar surface area (TPSA) is 21.3 Å². The monoisotopic (exact) mass is 261 g/mol. The second kappa shape index (κ2) is 7.13. The summed E-state index contributed by atoms with van der Waals surface area (Å²) in [7, 11) is 1.71. The quantitative estimate of drug-likeness (QED) is 0.847. The highest BCUT2D eigenvalue weighted by Gasteiger charge is 2.04. The third-order valence-corrected chi connectivity index (χ3v) is 3.00. The van der Waals surface area contributed by atoms with Gasteiger partial charge in [-0.2, -0.15) is 0 Å². The third-order valence-electron chi connectivity index (χ3n) is 2.41. The van der Waals surface area contributed by atoms with Gasteiger partial charge in [0.1, 0.15) is 0 Å². The maximum absolute atomic E-state index is 6.07. The zero-order valence-corrected chi connectivity index (χ0v) is 11.1. The fourth-order valence-electron chi connectivity index (χ4n) is 1.35. The lowest BCUT2D eigenvalue weighted by Gasteiger charge is -2.14. The lowest BCUT2D eigenvalue weighted by atomic mass is 10.2. The summed E-state index contributed by atoms with van der Waals surface area (Å²) in [5.41, 5.74) is 1.07. The van der Waals surface area contributed by atoms with Crippen LogP contribution >= 0.6 is 23.2 Å². The summed E-state index contributed by atoms with van der Waals surface area (Å²) < 4.78 is 5.02. The summed E-state index contributed by atoms with van der Waals surface area (Å²) in [6.45, 7) is 3.65. The van der Waals surface area contributed by atoms with Crippen molar-refractivity contribution in [1.29, 1.82) is 0 Å². The van der Waals surface area contributed by atoms with Gasteiger partial charge in [0.05, 0.1) is 0 Å². The van der Waals surface area contributed by atoms with Gasteiger partial charge in [-0.3, -0.25) is 0 Å². The summed E-state index contributed by atoms with van der Waals surface area (Å²) in [6.07, 6.45) is 0.988. The summed E-state index contributed by atoms with van der Waals surface area (Å²) in [5.74, 6) is 0. The van der Waals surface area contributed by atoms with Gasteiger partial charge in [0, 0.05) is 36.3 Å². The molecule has 16 heavy (non-hydrogen) atoms. The number of benzene rings is 1. The van der Waals surface area contributed by atoms with Gasteiger partial charge in [0.15, 0.2) is 0 Å². The maximum Gasteiger partial charge on any atom is 0.0476 e. The van der Waals surface area contributed by atoms with Crippen LogP contribution in [0.5, 0.6) is 0 Å². The van der Waals surface area contributed by atoms with E-state index in [4.69, 9.17) is 27.9 Å². The van der Waals surface area contributed by atoms with Crippen molar-refractivity contribution >= 4 is 23.2 Å². The predicted octanol–water partition coefficient (Wildman–Crippen LogP) is 3.51. The average molecular weight is 262 g/mol. The standard InChI is InChI=1S/C12H17Cl2NO/c1-9(5-6-16-2)15-8-10-3-4-11(13)7-12(10)14/h3-4,7,9,15H,5-6,8H2,1-2H3. The minimum Gasteiger partial charge on any atom is -0.385 e. The van der Waals surface area contributed by atoms with Crippen LogP contribution in [-0.4, -0.2) is 19.8 Å². The second-order valence-corrected chi connectivity index (χ2v) is 4.64. The van der Waals surface area contributed by atoms with E-state index >= 15 is 0 Å². The summed E-state index contributed by atoms with van der Waals surface area (Å²) in [6, 6.07) is 5.97. The van der Waals surface area contributed by atoms with Crippen molar-refractivity contribution in [3.8, 4) is 0 Å². The van der Waals surface area contributed by atoms with E-state index in [2.05, 4.69) is 12.2 Å². The molecule has 0 fully saturated rings. The molecule has 0 heterocycles. The fourth-order valence-corrected chi connectivity index (χ4v) is 1.82. The highest BCUT2D eigenvalue weighted by molar-refractivity contribution is 6.35. The van der Waals surface area contributed by atoms with Crippen molar-refractivity contribution in [2.45, 2.75) is 25.9 Å². The Kier molecular flexibility index (Phi) is 6.14. The normalized spacial score (nSPS) is 12.8. The van der Waals surface area contributed by atoms with Crippen LogP contribution in [-0.2, 0) is 11.3 Å². The molecule has 0 aliphatic carbocycles. The first kappa shape index (κ1) is 13.8. The van der Waals surface area contributed by atoms with Crippen LogP contribution in [0.15, 0.2) is 18.2 Å². The molecule has 1 aromatic rings. The molecule has 0 aliphatic rings. The molecule has 90 valence electrons. The molecule has 2 nitrogen and oxygen atoms in total. The Morgan fingerprint density at radius 1 is 1.38 bits per heavy atom. The van der Waals surface area contributed by atoms with Gasteiger partial charge in [-0.25, -0.2) is 0 Å². The third kappa shape index (κ3) is 4.71. The van der Waals surface area contributed by atoms with Gasteiger partial charge in [0.2, 0.25) is 0 Å². The van der Waals surface area contributed by atoms with E-state index in [0.717, 1.165) is 25.1 Å². The Morgan fingerprint density at radius 3 is 2.75 bits per heavy atom. The maximum atomic E-state index is 6.07. The molecule has 1 aromatic carbocycles. The molecule has 0 saturated heterocycles. The summed E-state index contributed by atoms with van der Waals surface area (Å²) >= 11 is 11.9. The van der Waals surface area contributed by atoms with E-state index in [1.807, 2.05) is 12.1 Å². The second-order valence-electron chi connectivity index (χ2n) is 3.80. The van der Waals surface area contributed by atoms with Crippen LogP contribution in [0.4, 0.5) is 0 Å². The fraction of sp³-hybridized carbons (Fsp3) is 0.500. The molecule has 1 atom stereocenters. The molecule has 1 unspecified atom stereocenters. The van der Waals surface area contributed by atoms with E-state index in [9.17, 15) is 0 Å². The van der Waals surface area contributed by atoms with Crippen molar-refractivity contribution in [2.24, 2.45) is 0 Å². The minimum absolute atomic E-state index is 0.409. The molecule has 4 heteroatoms. The number of methoxy groups -OCH3 is 1. The van der Waals surface area contributed by atoms with Crippen LogP contribution in [0, 0.1) is 0 Å². The SMILES string of the molecule is COCCC(C)NCc1ccc(Cl)cc1Cl. The number of ether oxygens (including phenoxy) is 1. The van der Waals surface area contributed by atoms with Crippen LogP contribution in [0.1, 0.15) is 18.9 Å². The molecule has 0 aromatic heterocycles. The van der Waals surface area contributed by atoms with Crippen molar-refractivity contribution in [3.05, 3.63) is 33.8 Å². The molecule has 0 radical (unpaired) electrons. The predicted molar refractivity (Wildman–Crippen MR) is 69.3 cm³/mol. The highest BCUT2D eigenvalue weighted by atomic mass is 35.5. The van der Waals surface area contributed by atoms with E-state index in [1.165, 1.54) is 0 Å². The first-order chi connectivity index (χ1) is 7.63. The van der Waals surface area contributed by atoms with Gasteiger partial charge >= 0.3 is 0 Å². The molecule has 0 saturated carbocycles. The molecular formula is C12H17Cl2NO. The molecular weight excluding hydrogens is 245 g/mol. The zero-order valence-electron chi connectivity index (χ0n) is 9.59. The van der Waals surface area contributed by atoms with Crippen LogP contribution < -0.4 is 5.32 Å². The van der Waals surface area contributed by atoms with Gasteiger partial charge < -0.3 is 10.1 Å². The van der Waals surface area contributed by atoms with Gasteiger partial charge in [0.25, 0.3) is 0 Å². The number of rotatable bonds is 6. The largest absolute Gasteiger partial charge is 0.385 e. The van der Waals surface area contributed by atoms with E-state index in [-0.39, 0.29) is 0 Å². The van der Waals surface area contributed by atoms with Crippen LogP contribution in [0.25, 0.3) is 0 Å². The number of hydrogen-bond acceptors (Lipinski definition) is 2. The lowest BCUT2D eigenvalue weighted by molar-refractivity contribution is 0.184. The zero-order chi connectivity index (χ0) is 12.0. The average Bonchev–Trinajstić information content (AvgIpc) is 2.25. The Morgan fingerprint density at radius 2 is 2.12 bits per heavy atom. The first-order valence-electron chi connectivity index (χ1n) is 5.29. The summed E-state index contributed by atoms with van der Waals surface area (Å²) in [4.78, 5) is 0. The summed E-state index contributed by atoms with van der Waals surface area (Å²) in [5, 5.41) is 4.76. The Balaban J connectivity index is 2.42. The number of halogens is 2. The van der Waals surface area contributed by atoms with Crippen LogP contribution in [0.2, 0.25) is 10.0 Å². The number of hydrogen-bond donors (Lipinski definition) is 1. The van der Waals surface area contributed by atoms with Gasteiger partial charge in [-0.1, -0.05) is 29.3 Å². The van der Waals surface area contributed by atoms with E-state index in [1.54, 1.807) is 13.2 Å². The Hall–Kier alpha value is -0.280.